The molecule has 3 saturated heterocycles. The Morgan fingerprint density at radius 3 is 1.75 bits per heavy atom. The summed E-state index contributed by atoms with van der Waals surface area (Å²) < 4.78 is 42.4. The zero-order valence-corrected chi connectivity index (χ0v) is 17.4. The number of nitrogens with zero attached hydrogens (tertiary/aromatic N) is 1. The van der Waals surface area contributed by atoms with Crippen molar-refractivity contribution in [2.75, 3.05) is 39.0 Å². The Morgan fingerprint density at radius 2 is 1.38 bits per heavy atom. The minimum Gasteiger partial charge on any atom is -0.369 e. The van der Waals surface area contributed by atoms with Crippen molar-refractivity contribution in [3.05, 3.63) is 0 Å². The molecule has 7 nitrogen and oxygen atoms in total. The van der Waals surface area contributed by atoms with Crippen LogP contribution in [-0.4, -0.2) is 71.0 Å². The monoisotopic (exact) mass is 381 g/mol. The number of hydrogen-bond donors (Lipinski definition) is 0. The molecule has 0 radical (unpaired) electrons. The van der Waals surface area contributed by atoms with Crippen LogP contribution in [0.15, 0.2) is 0 Å². The minimum absolute atomic E-state index is 0.0234. The Hall–Kier alpha value is 0.207. The highest BCUT2D eigenvalue weighted by Gasteiger charge is 2.50. The average molecular weight is 381 g/mol. The lowest BCUT2D eigenvalue weighted by atomic mass is 10.2. The van der Waals surface area contributed by atoms with Gasteiger partial charge in [0, 0.05) is 25.7 Å². The summed E-state index contributed by atoms with van der Waals surface area (Å²) in [6.45, 7) is 13.1. The van der Waals surface area contributed by atoms with Crippen molar-refractivity contribution in [2.45, 2.75) is 59.0 Å². The molecule has 142 valence electrons. The molecule has 3 aliphatic rings. The zero-order valence-electron chi connectivity index (χ0n) is 15.5. The summed E-state index contributed by atoms with van der Waals surface area (Å²) in [5, 5.41) is 0. The van der Waals surface area contributed by atoms with Gasteiger partial charge in [0.1, 0.15) is 0 Å². The smallest absolute Gasteiger partial charge is 0.369 e. The molecule has 0 saturated carbocycles. The lowest BCUT2D eigenvalue weighted by Crippen LogP contribution is -2.61. The summed E-state index contributed by atoms with van der Waals surface area (Å²) in [5.74, 6) is 0. The number of rotatable bonds is 7. The second-order valence-electron chi connectivity index (χ2n) is 6.61. The Morgan fingerprint density at radius 1 is 0.958 bits per heavy atom. The molecule has 9 heteroatoms. The molecule has 0 aliphatic carbocycles. The summed E-state index contributed by atoms with van der Waals surface area (Å²) in [6.07, 6.45) is 0.331. The molecule has 0 N–H and O–H groups in total. The molecular formula is C15H32NO6PSi. The lowest BCUT2D eigenvalue weighted by molar-refractivity contribution is -0.0783. The molecule has 3 fully saturated rings. The highest BCUT2D eigenvalue weighted by atomic mass is 31.2. The van der Waals surface area contributed by atoms with Crippen molar-refractivity contribution < 1.29 is 26.9 Å². The van der Waals surface area contributed by atoms with Crippen molar-refractivity contribution >= 4 is 16.4 Å². The molecule has 2 bridgehead atoms. The molecule has 0 aromatic heterocycles. The largest absolute Gasteiger partial charge is 0.502 e. The molecule has 0 aromatic carbocycles. The molecule has 3 unspecified atom stereocenters. The number of fused-ring (bicyclic) bond motifs is 6. The topological polar surface area (TPSA) is 66.5 Å². The third-order valence-corrected chi connectivity index (χ3v) is 9.67. The zero-order chi connectivity index (χ0) is 17.8. The van der Waals surface area contributed by atoms with Gasteiger partial charge in [0.15, 0.2) is 0 Å². The van der Waals surface area contributed by atoms with E-state index >= 15 is 0 Å². The predicted octanol–water partition coefficient (Wildman–Crippen LogP) is 2.74. The van der Waals surface area contributed by atoms with Crippen molar-refractivity contribution in [2.24, 2.45) is 0 Å². The van der Waals surface area contributed by atoms with Crippen LogP contribution in [0, 0.1) is 0 Å². The third kappa shape index (κ3) is 5.61. The van der Waals surface area contributed by atoms with E-state index in [9.17, 15) is 4.57 Å². The van der Waals surface area contributed by atoms with Crippen LogP contribution in [0.2, 0.25) is 6.04 Å². The molecule has 3 rings (SSSR count). The predicted molar refractivity (Wildman–Crippen MR) is 94.4 cm³/mol. The van der Waals surface area contributed by atoms with Gasteiger partial charge in [-0.3, -0.25) is 9.46 Å². The van der Waals surface area contributed by atoms with Gasteiger partial charge >= 0.3 is 16.4 Å². The fraction of sp³-hybridized carbons (Fsp3) is 1.00. The Kier molecular flexibility index (Phi) is 7.46. The standard InChI is InChI=1S/C15H32NO6PSi/c1-6-18-23(17,19-7-2)8-9-24-20-13(3)10-16(11-14(4)21-24)12-15(5)22-24/h13-15H,6-12H2,1-5H3. The van der Waals surface area contributed by atoms with Crippen molar-refractivity contribution in [1.29, 1.82) is 0 Å². The molecule has 24 heavy (non-hydrogen) atoms. The highest BCUT2D eigenvalue weighted by molar-refractivity contribution is 7.54. The van der Waals surface area contributed by atoms with Gasteiger partial charge in [0.05, 0.1) is 37.7 Å². The fourth-order valence-electron chi connectivity index (χ4n) is 3.44. The first-order valence-corrected chi connectivity index (χ1v) is 12.6. The van der Waals surface area contributed by atoms with Gasteiger partial charge in [0.25, 0.3) is 0 Å². The van der Waals surface area contributed by atoms with E-state index in [2.05, 4.69) is 4.90 Å². The van der Waals surface area contributed by atoms with Gasteiger partial charge in [-0.1, -0.05) is 0 Å². The van der Waals surface area contributed by atoms with E-state index in [1.54, 1.807) is 0 Å². The van der Waals surface area contributed by atoms with Crippen LogP contribution in [0.25, 0.3) is 0 Å². The lowest BCUT2D eigenvalue weighted by Gasteiger charge is -2.45. The maximum Gasteiger partial charge on any atom is 0.502 e. The van der Waals surface area contributed by atoms with Crippen LogP contribution in [0.4, 0.5) is 0 Å². The first-order chi connectivity index (χ1) is 11.3. The van der Waals surface area contributed by atoms with Gasteiger partial charge in [0.2, 0.25) is 0 Å². The van der Waals surface area contributed by atoms with E-state index < -0.39 is 16.4 Å². The third-order valence-electron chi connectivity index (χ3n) is 4.03. The molecule has 3 heterocycles. The Labute approximate surface area is 146 Å². The molecule has 3 atom stereocenters. The summed E-state index contributed by atoms with van der Waals surface area (Å²) in [5.41, 5.74) is 0. The van der Waals surface area contributed by atoms with E-state index in [4.69, 9.17) is 22.3 Å². The summed E-state index contributed by atoms with van der Waals surface area (Å²) in [7, 11) is -6.08. The van der Waals surface area contributed by atoms with Crippen LogP contribution in [0.5, 0.6) is 0 Å². The van der Waals surface area contributed by atoms with Crippen molar-refractivity contribution in [3.8, 4) is 0 Å². The summed E-state index contributed by atoms with van der Waals surface area (Å²) >= 11 is 0. The minimum atomic E-state index is -3.14. The first kappa shape index (κ1) is 20.5. The molecule has 0 spiro atoms. The molecule has 3 aliphatic heterocycles. The second-order valence-corrected chi connectivity index (χ2v) is 11.4. The van der Waals surface area contributed by atoms with E-state index in [0.29, 0.717) is 19.3 Å². The maximum atomic E-state index is 12.8. The van der Waals surface area contributed by atoms with Crippen LogP contribution >= 0.6 is 7.60 Å². The van der Waals surface area contributed by atoms with E-state index in [1.807, 2.05) is 34.6 Å². The fourth-order valence-corrected chi connectivity index (χ4v) is 9.33. The molecule has 0 amide bonds. The SMILES string of the molecule is CCOP(=O)(CC[Si]12OC(C)CN(CC(C)O1)CC(C)O2)OCC. The molecular weight excluding hydrogens is 349 g/mol. The quantitative estimate of drug-likeness (QED) is 0.496. The Bertz CT molecular complexity index is 408. The van der Waals surface area contributed by atoms with Gasteiger partial charge in [-0.2, -0.15) is 0 Å². The van der Waals surface area contributed by atoms with Crippen molar-refractivity contribution in [3.63, 3.8) is 0 Å². The van der Waals surface area contributed by atoms with E-state index in [-0.39, 0.29) is 24.5 Å². The van der Waals surface area contributed by atoms with E-state index in [0.717, 1.165) is 19.6 Å². The van der Waals surface area contributed by atoms with Crippen molar-refractivity contribution in [1.82, 2.24) is 4.90 Å². The van der Waals surface area contributed by atoms with Crippen LogP contribution in [0.1, 0.15) is 34.6 Å². The van der Waals surface area contributed by atoms with Crippen LogP contribution in [0.3, 0.4) is 0 Å². The van der Waals surface area contributed by atoms with E-state index in [1.165, 1.54) is 0 Å². The van der Waals surface area contributed by atoms with Crippen LogP contribution < -0.4 is 0 Å². The Balaban J connectivity index is 2.16. The first-order valence-electron chi connectivity index (χ1n) is 8.93. The normalized spacial score (nSPS) is 37.7. The molecule has 0 aromatic rings. The summed E-state index contributed by atoms with van der Waals surface area (Å²) in [6, 6.07) is 0.448. The second kappa shape index (κ2) is 8.73. The van der Waals surface area contributed by atoms with Gasteiger partial charge in [-0.15, -0.1) is 0 Å². The van der Waals surface area contributed by atoms with Gasteiger partial charge in [-0.25, -0.2) is 0 Å². The summed E-state index contributed by atoms with van der Waals surface area (Å²) in [4.78, 5) is 2.32. The average Bonchev–Trinajstić information content (AvgIpc) is 2.42. The van der Waals surface area contributed by atoms with Gasteiger partial charge in [-0.05, 0) is 34.6 Å². The van der Waals surface area contributed by atoms with Crippen LogP contribution in [-0.2, 0) is 26.9 Å². The van der Waals surface area contributed by atoms with Gasteiger partial charge < -0.3 is 22.3 Å². The number of hydrogen-bond acceptors (Lipinski definition) is 7. The maximum absolute atomic E-state index is 12.8. The highest BCUT2D eigenvalue weighted by Crippen LogP contribution is 2.50.